The van der Waals surface area contributed by atoms with Gasteiger partial charge in [-0.15, -0.1) is 12.4 Å². The second-order valence-corrected chi connectivity index (χ2v) is 3.74. The van der Waals surface area contributed by atoms with E-state index in [1.54, 1.807) is 23.9 Å². The van der Waals surface area contributed by atoms with Gasteiger partial charge in [0.25, 0.3) is 0 Å². The Labute approximate surface area is 77.3 Å². The smallest absolute Gasteiger partial charge is 0.181 e. The van der Waals surface area contributed by atoms with Gasteiger partial charge in [-0.05, 0) is 6.92 Å². The van der Waals surface area contributed by atoms with Crippen LogP contribution in [0.3, 0.4) is 0 Å². The number of hydroxylamine groups is 2. The molecule has 0 amide bonds. The van der Waals surface area contributed by atoms with E-state index in [1.807, 2.05) is 0 Å². The zero-order valence-electron chi connectivity index (χ0n) is 6.83. The van der Waals surface area contributed by atoms with Crippen molar-refractivity contribution in [3.05, 3.63) is 0 Å². The molecule has 1 heterocycles. The molecular weight excluding hydrogens is 184 g/mol. The van der Waals surface area contributed by atoms with Gasteiger partial charge in [-0.1, -0.05) is 18.7 Å². The summed E-state index contributed by atoms with van der Waals surface area (Å²) in [5, 5.41) is 10.0. The van der Waals surface area contributed by atoms with Gasteiger partial charge in [0, 0.05) is 5.25 Å². The molecule has 0 radical (unpaired) electrons. The summed E-state index contributed by atoms with van der Waals surface area (Å²) < 4.78 is 0. The summed E-state index contributed by atoms with van der Waals surface area (Å²) in [6.07, 6.45) is 0. The predicted octanol–water partition coefficient (Wildman–Crippen LogP) is 1.73. The first-order chi connectivity index (χ1) is 4.66. The van der Waals surface area contributed by atoms with Gasteiger partial charge in [-0.25, -0.2) is 5.06 Å². The minimum Gasteiger partial charge on any atom is -0.277 e. The van der Waals surface area contributed by atoms with Crippen molar-refractivity contribution in [2.45, 2.75) is 25.1 Å². The van der Waals surface area contributed by atoms with Crippen molar-refractivity contribution in [1.29, 1.82) is 5.41 Å². The fourth-order valence-corrected chi connectivity index (χ4v) is 1.96. The second kappa shape index (κ2) is 4.18. The van der Waals surface area contributed by atoms with E-state index in [2.05, 4.69) is 13.8 Å². The minimum atomic E-state index is 0. The molecule has 2 unspecified atom stereocenters. The maximum atomic E-state index is 7.43. The lowest BCUT2D eigenvalue weighted by molar-refractivity contribution is -0.0849. The average Bonchev–Trinajstić information content (AvgIpc) is 2.09. The topological polar surface area (TPSA) is 36.3 Å². The highest BCUT2D eigenvalue weighted by Crippen LogP contribution is 2.29. The maximum Gasteiger partial charge on any atom is 0.181 e. The fraction of sp³-hybridized carbons (Fsp3) is 0.833. The highest BCUT2D eigenvalue weighted by molar-refractivity contribution is 8.14. The Morgan fingerprint density at radius 3 is 2.27 bits per heavy atom. The zero-order chi connectivity index (χ0) is 7.72. The Hall–Kier alpha value is 0.0700. The van der Waals surface area contributed by atoms with Crippen LogP contribution in [0.5, 0.6) is 0 Å². The van der Waals surface area contributed by atoms with Gasteiger partial charge in [0.2, 0.25) is 0 Å². The number of hydrogen-bond donors (Lipinski definition) is 1. The minimum absolute atomic E-state index is 0. The quantitative estimate of drug-likeness (QED) is 0.694. The van der Waals surface area contributed by atoms with E-state index in [1.165, 1.54) is 0 Å². The van der Waals surface area contributed by atoms with Crippen LogP contribution in [0.1, 0.15) is 13.8 Å². The van der Waals surface area contributed by atoms with Crippen molar-refractivity contribution in [1.82, 2.24) is 5.06 Å². The second-order valence-electron chi connectivity index (χ2n) is 2.38. The predicted molar refractivity (Wildman–Crippen MR) is 50.3 cm³/mol. The first kappa shape index (κ1) is 11.1. The number of amidine groups is 1. The van der Waals surface area contributed by atoms with Crippen LogP contribution in [0.15, 0.2) is 0 Å². The van der Waals surface area contributed by atoms with E-state index in [0.29, 0.717) is 16.5 Å². The van der Waals surface area contributed by atoms with Crippen LogP contribution in [-0.2, 0) is 4.84 Å². The molecule has 0 bridgehead atoms. The number of hydrogen-bond acceptors (Lipinski definition) is 3. The largest absolute Gasteiger partial charge is 0.277 e. The number of rotatable bonds is 1. The van der Waals surface area contributed by atoms with Crippen molar-refractivity contribution in [3.8, 4) is 0 Å². The van der Waals surface area contributed by atoms with Gasteiger partial charge >= 0.3 is 0 Å². The van der Waals surface area contributed by atoms with Crippen LogP contribution in [0.25, 0.3) is 0 Å². The van der Waals surface area contributed by atoms with Gasteiger partial charge in [-0.3, -0.25) is 10.2 Å². The molecule has 3 nitrogen and oxygen atoms in total. The molecule has 11 heavy (non-hydrogen) atoms. The third-order valence-corrected chi connectivity index (χ3v) is 2.91. The molecule has 0 aromatic carbocycles. The van der Waals surface area contributed by atoms with Crippen LogP contribution in [0, 0.1) is 5.41 Å². The van der Waals surface area contributed by atoms with Crippen LogP contribution in [0.2, 0.25) is 0 Å². The van der Waals surface area contributed by atoms with Crippen molar-refractivity contribution < 1.29 is 4.84 Å². The molecule has 2 atom stereocenters. The third-order valence-electron chi connectivity index (χ3n) is 1.74. The van der Waals surface area contributed by atoms with Crippen LogP contribution < -0.4 is 0 Å². The van der Waals surface area contributed by atoms with Crippen molar-refractivity contribution >= 4 is 29.3 Å². The van der Waals surface area contributed by atoms with E-state index in [4.69, 9.17) is 10.2 Å². The molecule has 1 rings (SSSR count). The summed E-state index contributed by atoms with van der Waals surface area (Å²) in [7, 11) is 1.60. The Morgan fingerprint density at radius 2 is 2.09 bits per heavy atom. The van der Waals surface area contributed by atoms with Gasteiger partial charge in [-0.2, -0.15) is 0 Å². The summed E-state index contributed by atoms with van der Waals surface area (Å²) in [5.41, 5.74) is 0. The molecule has 5 heteroatoms. The zero-order valence-corrected chi connectivity index (χ0v) is 8.46. The summed E-state index contributed by atoms with van der Waals surface area (Å²) in [4.78, 5) is 4.99. The van der Waals surface area contributed by atoms with E-state index >= 15 is 0 Å². The van der Waals surface area contributed by atoms with Crippen molar-refractivity contribution in [3.63, 3.8) is 0 Å². The number of thioether (sulfide) groups is 1. The highest BCUT2D eigenvalue weighted by Gasteiger charge is 2.32. The lowest BCUT2D eigenvalue weighted by atomic mass is 10.2. The summed E-state index contributed by atoms with van der Waals surface area (Å²) in [6, 6.07) is 0.322. The average molecular weight is 197 g/mol. The van der Waals surface area contributed by atoms with Crippen LogP contribution >= 0.6 is 24.2 Å². The standard InChI is InChI=1S/C6H12N2OS.ClH/c1-4-5(2)10-6(7)8(4)9-3;/h4-5,7H,1-3H3;1H. The lowest BCUT2D eigenvalue weighted by Gasteiger charge is -2.19. The molecule has 1 saturated heterocycles. The molecule has 1 aliphatic rings. The lowest BCUT2D eigenvalue weighted by Crippen LogP contribution is -2.32. The maximum absolute atomic E-state index is 7.43. The Balaban J connectivity index is 0.000001000. The Kier molecular flexibility index (Phi) is 4.21. The van der Waals surface area contributed by atoms with Gasteiger partial charge in [0.1, 0.15) is 0 Å². The highest BCUT2D eigenvalue weighted by atomic mass is 35.5. The van der Waals surface area contributed by atoms with E-state index < -0.39 is 0 Å². The Morgan fingerprint density at radius 1 is 1.55 bits per heavy atom. The summed E-state index contributed by atoms with van der Waals surface area (Å²) in [6.45, 7) is 4.16. The normalized spacial score (nSPS) is 30.5. The molecule has 0 saturated carbocycles. The number of nitrogens with one attached hydrogen (secondary N) is 1. The SMILES string of the molecule is CON1C(=N)SC(C)C1C.Cl. The number of halogens is 1. The molecule has 1 fully saturated rings. The molecule has 1 N–H and O–H groups in total. The van der Waals surface area contributed by atoms with Crippen molar-refractivity contribution in [2.24, 2.45) is 0 Å². The van der Waals surface area contributed by atoms with Gasteiger partial charge < -0.3 is 0 Å². The molecule has 0 spiro atoms. The van der Waals surface area contributed by atoms with Crippen molar-refractivity contribution in [2.75, 3.05) is 7.11 Å². The molecule has 0 aliphatic carbocycles. The third kappa shape index (κ3) is 2.01. The first-order valence-corrected chi connectivity index (χ1v) is 4.13. The fourth-order valence-electron chi connectivity index (χ4n) is 0.951. The molecule has 1 aliphatic heterocycles. The molecule has 66 valence electrons. The van der Waals surface area contributed by atoms with E-state index in [-0.39, 0.29) is 12.4 Å². The van der Waals surface area contributed by atoms with E-state index in [9.17, 15) is 0 Å². The van der Waals surface area contributed by atoms with Crippen LogP contribution in [0.4, 0.5) is 0 Å². The van der Waals surface area contributed by atoms with Gasteiger partial charge in [0.05, 0.1) is 13.2 Å². The van der Waals surface area contributed by atoms with Gasteiger partial charge in [0.15, 0.2) is 5.17 Å². The monoisotopic (exact) mass is 196 g/mol. The number of nitrogens with zero attached hydrogens (tertiary/aromatic N) is 1. The molecular formula is C6H13ClN2OS. The molecule has 0 aromatic heterocycles. The Bertz CT molecular complexity index is 156. The molecule has 0 aromatic rings. The van der Waals surface area contributed by atoms with E-state index in [0.717, 1.165) is 0 Å². The van der Waals surface area contributed by atoms with Crippen LogP contribution in [-0.4, -0.2) is 28.6 Å². The summed E-state index contributed by atoms with van der Waals surface area (Å²) in [5.74, 6) is 0. The first-order valence-electron chi connectivity index (χ1n) is 3.25. The summed E-state index contributed by atoms with van der Waals surface area (Å²) >= 11 is 1.55.